The number of benzene rings is 1. The quantitative estimate of drug-likeness (QED) is 0.809. The van der Waals surface area contributed by atoms with Gasteiger partial charge in [0.1, 0.15) is 0 Å². The molecule has 2 N–H and O–H groups in total. The summed E-state index contributed by atoms with van der Waals surface area (Å²) in [5.74, 6) is 0.188. The molecule has 1 aromatic carbocycles. The second-order valence-electron chi connectivity index (χ2n) is 7.56. The summed E-state index contributed by atoms with van der Waals surface area (Å²) in [4.78, 5) is 40.5. The van der Waals surface area contributed by atoms with Crippen LogP contribution < -0.4 is 10.6 Å². The lowest BCUT2D eigenvalue weighted by Gasteiger charge is -2.35. The first kappa shape index (κ1) is 20.2. The Balaban J connectivity index is 1.34. The van der Waals surface area contributed by atoms with Crippen LogP contribution >= 0.6 is 0 Å². The summed E-state index contributed by atoms with van der Waals surface area (Å²) in [6.45, 7) is 3.31. The van der Waals surface area contributed by atoms with E-state index in [0.717, 1.165) is 31.5 Å². The second-order valence-corrected chi connectivity index (χ2v) is 7.56. The lowest BCUT2D eigenvalue weighted by molar-refractivity contribution is -0.141. The van der Waals surface area contributed by atoms with Crippen molar-refractivity contribution in [3.05, 3.63) is 35.9 Å². The molecular formula is C21H30N4O3. The average molecular weight is 386 g/mol. The summed E-state index contributed by atoms with van der Waals surface area (Å²) in [6.07, 6.45) is 4.83. The summed E-state index contributed by atoms with van der Waals surface area (Å²) < 4.78 is 0. The standard InChI is InChI=1S/C21H30N4O3/c26-19(16-23-21(28)22-15-17-7-3-1-4-8-17)24-13-9-18(10-14-24)20(27)25-11-5-2-6-12-25/h1,3-4,7-8,18H,2,5-6,9-16H2,(H2,22,23,28). The fourth-order valence-corrected chi connectivity index (χ4v) is 3.86. The molecule has 2 heterocycles. The lowest BCUT2D eigenvalue weighted by atomic mass is 9.94. The van der Waals surface area contributed by atoms with Crippen LogP contribution in [0.1, 0.15) is 37.7 Å². The highest BCUT2D eigenvalue weighted by molar-refractivity contribution is 5.84. The Labute approximate surface area is 166 Å². The number of nitrogens with one attached hydrogen (secondary N) is 2. The van der Waals surface area contributed by atoms with Gasteiger partial charge in [0.25, 0.3) is 0 Å². The van der Waals surface area contributed by atoms with Gasteiger partial charge in [0.15, 0.2) is 0 Å². The molecule has 0 bridgehead atoms. The molecule has 0 aliphatic carbocycles. The van der Waals surface area contributed by atoms with Gasteiger partial charge in [0.05, 0.1) is 6.54 Å². The minimum atomic E-state index is -0.354. The zero-order valence-electron chi connectivity index (χ0n) is 16.4. The van der Waals surface area contributed by atoms with Crippen molar-refractivity contribution < 1.29 is 14.4 Å². The van der Waals surface area contributed by atoms with Gasteiger partial charge in [-0.3, -0.25) is 9.59 Å². The Morgan fingerprint density at radius 1 is 0.857 bits per heavy atom. The fourth-order valence-electron chi connectivity index (χ4n) is 3.86. The Kier molecular flexibility index (Phi) is 7.28. The molecule has 152 valence electrons. The van der Waals surface area contributed by atoms with Gasteiger partial charge in [0, 0.05) is 38.6 Å². The molecule has 7 heteroatoms. The molecule has 0 saturated carbocycles. The van der Waals surface area contributed by atoms with Crippen LogP contribution in [0.25, 0.3) is 0 Å². The SMILES string of the molecule is O=C(NCC(=O)N1CCC(C(=O)N2CCCCC2)CC1)NCc1ccccc1. The first-order valence-electron chi connectivity index (χ1n) is 10.3. The predicted molar refractivity (Wildman–Crippen MR) is 106 cm³/mol. The summed E-state index contributed by atoms with van der Waals surface area (Å²) in [5.41, 5.74) is 1.00. The van der Waals surface area contributed by atoms with Crippen molar-refractivity contribution in [3.63, 3.8) is 0 Å². The van der Waals surface area contributed by atoms with Crippen molar-refractivity contribution in [2.45, 2.75) is 38.6 Å². The molecule has 0 spiro atoms. The number of amides is 4. The van der Waals surface area contributed by atoms with E-state index >= 15 is 0 Å². The Morgan fingerprint density at radius 3 is 2.21 bits per heavy atom. The molecule has 0 atom stereocenters. The van der Waals surface area contributed by atoms with E-state index in [0.29, 0.717) is 32.5 Å². The molecule has 0 unspecified atom stereocenters. The number of urea groups is 1. The number of hydrogen-bond acceptors (Lipinski definition) is 3. The molecule has 28 heavy (non-hydrogen) atoms. The number of carbonyl (C=O) groups is 3. The highest BCUT2D eigenvalue weighted by Gasteiger charge is 2.30. The van der Waals surface area contributed by atoms with E-state index in [2.05, 4.69) is 10.6 Å². The van der Waals surface area contributed by atoms with Gasteiger partial charge in [0.2, 0.25) is 11.8 Å². The summed E-state index contributed by atoms with van der Waals surface area (Å²) in [7, 11) is 0. The van der Waals surface area contributed by atoms with Gasteiger partial charge < -0.3 is 20.4 Å². The maximum Gasteiger partial charge on any atom is 0.315 e. The maximum atomic E-state index is 12.6. The van der Waals surface area contributed by atoms with Gasteiger partial charge in [-0.25, -0.2) is 4.79 Å². The highest BCUT2D eigenvalue weighted by atomic mass is 16.2. The predicted octanol–water partition coefficient (Wildman–Crippen LogP) is 1.74. The van der Waals surface area contributed by atoms with Gasteiger partial charge >= 0.3 is 6.03 Å². The highest BCUT2D eigenvalue weighted by Crippen LogP contribution is 2.21. The first-order chi connectivity index (χ1) is 13.6. The molecule has 7 nitrogen and oxygen atoms in total. The van der Waals surface area contributed by atoms with Crippen LogP contribution in [-0.2, 0) is 16.1 Å². The van der Waals surface area contributed by atoms with Crippen molar-refractivity contribution in [2.24, 2.45) is 5.92 Å². The third-order valence-electron chi connectivity index (χ3n) is 5.56. The molecule has 0 aromatic heterocycles. The van der Waals surface area contributed by atoms with Crippen molar-refractivity contribution in [3.8, 4) is 0 Å². The number of likely N-dealkylation sites (tertiary alicyclic amines) is 2. The molecule has 0 radical (unpaired) electrons. The number of rotatable bonds is 5. The minimum absolute atomic E-state index is 0.0225. The second kappa shape index (κ2) is 10.1. The molecule has 2 fully saturated rings. The summed E-state index contributed by atoms with van der Waals surface area (Å²) >= 11 is 0. The first-order valence-corrected chi connectivity index (χ1v) is 10.3. The average Bonchev–Trinajstić information content (AvgIpc) is 2.77. The molecule has 4 amide bonds. The molecule has 3 rings (SSSR count). The topological polar surface area (TPSA) is 81.8 Å². The number of hydrogen-bond donors (Lipinski definition) is 2. The van der Waals surface area contributed by atoms with Crippen LogP contribution in [0.3, 0.4) is 0 Å². The fraction of sp³-hybridized carbons (Fsp3) is 0.571. The van der Waals surface area contributed by atoms with Crippen LogP contribution in [-0.4, -0.2) is 60.4 Å². The van der Waals surface area contributed by atoms with Crippen molar-refractivity contribution in [2.75, 3.05) is 32.7 Å². The molecular weight excluding hydrogens is 356 g/mol. The molecule has 1 aromatic rings. The molecule has 2 aliphatic heterocycles. The smallest absolute Gasteiger partial charge is 0.315 e. The third-order valence-corrected chi connectivity index (χ3v) is 5.56. The number of carbonyl (C=O) groups excluding carboxylic acids is 3. The van der Waals surface area contributed by atoms with E-state index in [1.54, 1.807) is 4.90 Å². The van der Waals surface area contributed by atoms with E-state index in [9.17, 15) is 14.4 Å². The van der Waals surface area contributed by atoms with Crippen LogP contribution in [0.2, 0.25) is 0 Å². The van der Waals surface area contributed by atoms with E-state index in [-0.39, 0.29) is 30.3 Å². The van der Waals surface area contributed by atoms with E-state index in [1.807, 2.05) is 35.2 Å². The van der Waals surface area contributed by atoms with Crippen LogP contribution in [0.5, 0.6) is 0 Å². The van der Waals surface area contributed by atoms with Gasteiger partial charge in [-0.05, 0) is 37.7 Å². The van der Waals surface area contributed by atoms with Crippen molar-refractivity contribution in [1.29, 1.82) is 0 Å². The van der Waals surface area contributed by atoms with Gasteiger partial charge in [-0.2, -0.15) is 0 Å². The van der Waals surface area contributed by atoms with Crippen molar-refractivity contribution >= 4 is 17.8 Å². The van der Waals surface area contributed by atoms with Crippen LogP contribution in [0, 0.1) is 5.92 Å². The molecule has 2 aliphatic rings. The Morgan fingerprint density at radius 2 is 1.54 bits per heavy atom. The van der Waals surface area contributed by atoms with E-state index in [1.165, 1.54) is 6.42 Å². The van der Waals surface area contributed by atoms with Crippen LogP contribution in [0.4, 0.5) is 4.79 Å². The normalized spacial score (nSPS) is 17.9. The summed E-state index contributed by atoms with van der Waals surface area (Å²) in [5, 5.41) is 5.36. The third kappa shape index (κ3) is 5.71. The zero-order chi connectivity index (χ0) is 19.8. The number of nitrogens with zero attached hydrogens (tertiary/aromatic N) is 2. The Bertz CT molecular complexity index is 665. The summed E-state index contributed by atoms with van der Waals surface area (Å²) in [6, 6.07) is 9.26. The lowest BCUT2D eigenvalue weighted by Crippen LogP contribution is -2.48. The Hall–Kier alpha value is -2.57. The number of piperidine rings is 2. The monoisotopic (exact) mass is 386 g/mol. The minimum Gasteiger partial charge on any atom is -0.342 e. The van der Waals surface area contributed by atoms with Gasteiger partial charge in [-0.15, -0.1) is 0 Å². The van der Waals surface area contributed by atoms with E-state index in [4.69, 9.17) is 0 Å². The van der Waals surface area contributed by atoms with Crippen LogP contribution in [0.15, 0.2) is 30.3 Å². The largest absolute Gasteiger partial charge is 0.342 e. The molecule has 2 saturated heterocycles. The maximum absolute atomic E-state index is 12.6. The van der Waals surface area contributed by atoms with Gasteiger partial charge in [-0.1, -0.05) is 30.3 Å². The zero-order valence-corrected chi connectivity index (χ0v) is 16.4. The van der Waals surface area contributed by atoms with E-state index < -0.39 is 0 Å². The van der Waals surface area contributed by atoms with Crippen molar-refractivity contribution in [1.82, 2.24) is 20.4 Å².